The van der Waals surface area contributed by atoms with Crippen molar-refractivity contribution < 1.29 is 23.7 Å². The molecule has 1 aliphatic rings. The predicted molar refractivity (Wildman–Crippen MR) is 84.1 cm³/mol. The predicted octanol–water partition coefficient (Wildman–Crippen LogP) is 3.77. The number of ether oxygens (including phenoxy) is 5. The summed E-state index contributed by atoms with van der Waals surface area (Å²) in [7, 11) is 3.18. The van der Waals surface area contributed by atoms with Crippen molar-refractivity contribution >= 4 is 15.9 Å². The van der Waals surface area contributed by atoms with Gasteiger partial charge < -0.3 is 23.7 Å². The van der Waals surface area contributed by atoms with Crippen molar-refractivity contribution in [3.8, 4) is 28.7 Å². The number of para-hydroxylation sites is 1. The summed E-state index contributed by atoms with van der Waals surface area (Å²) in [6.07, 6.45) is 0. The average Bonchev–Trinajstić information content (AvgIpc) is 2.99. The summed E-state index contributed by atoms with van der Waals surface area (Å²) in [6.45, 7) is 0.608. The molecule has 0 saturated carbocycles. The zero-order valence-electron chi connectivity index (χ0n) is 12.2. The van der Waals surface area contributed by atoms with Crippen LogP contribution in [0.2, 0.25) is 0 Å². The zero-order valence-corrected chi connectivity index (χ0v) is 13.8. The van der Waals surface area contributed by atoms with Gasteiger partial charge in [-0.3, -0.25) is 0 Å². The molecule has 0 atom stereocenters. The van der Waals surface area contributed by atoms with E-state index in [9.17, 15) is 0 Å². The van der Waals surface area contributed by atoms with E-state index in [0.717, 1.165) is 21.5 Å². The molecule has 0 fully saturated rings. The van der Waals surface area contributed by atoms with Gasteiger partial charge in [-0.15, -0.1) is 0 Å². The van der Waals surface area contributed by atoms with Gasteiger partial charge in [0.1, 0.15) is 6.61 Å². The van der Waals surface area contributed by atoms with Crippen LogP contribution in [0.4, 0.5) is 0 Å². The Balaban J connectivity index is 1.81. The van der Waals surface area contributed by atoms with E-state index >= 15 is 0 Å². The third-order valence-electron chi connectivity index (χ3n) is 3.29. The van der Waals surface area contributed by atoms with Crippen LogP contribution in [0.5, 0.6) is 28.7 Å². The number of fused-ring (bicyclic) bond motifs is 1. The van der Waals surface area contributed by atoms with Crippen LogP contribution in [0.1, 0.15) is 5.56 Å². The standard InChI is InChI=1S/C16H15BrO5/c1-18-12-4-3-5-13(16(12)19-2)20-8-10-6-14-15(7-11(10)17)22-9-21-14/h3-7H,8-9H2,1-2H3. The zero-order chi connectivity index (χ0) is 15.5. The van der Waals surface area contributed by atoms with Gasteiger partial charge in [-0.05, 0) is 24.3 Å². The van der Waals surface area contributed by atoms with Crippen LogP contribution < -0.4 is 23.7 Å². The van der Waals surface area contributed by atoms with Gasteiger partial charge in [0.25, 0.3) is 0 Å². The molecule has 3 rings (SSSR count). The normalized spacial score (nSPS) is 12.1. The summed E-state index contributed by atoms with van der Waals surface area (Å²) in [5, 5.41) is 0. The maximum Gasteiger partial charge on any atom is 0.231 e. The van der Waals surface area contributed by atoms with Crippen LogP contribution >= 0.6 is 15.9 Å². The molecule has 0 unspecified atom stereocenters. The third kappa shape index (κ3) is 2.78. The number of hydrogen-bond acceptors (Lipinski definition) is 5. The molecule has 2 aromatic rings. The molecule has 0 saturated heterocycles. The second kappa shape index (κ2) is 6.36. The Morgan fingerprint density at radius 1 is 1.05 bits per heavy atom. The van der Waals surface area contributed by atoms with Crippen LogP contribution in [0.3, 0.4) is 0 Å². The molecule has 6 heteroatoms. The number of methoxy groups -OCH3 is 2. The quantitative estimate of drug-likeness (QED) is 0.805. The van der Waals surface area contributed by atoms with E-state index in [-0.39, 0.29) is 6.79 Å². The van der Waals surface area contributed by atoms with E-state index < -0.39 is 0 Å². The number of halogens is 1. The Kier molecular flexibility index (Phi) is 4.29. The molecule has 5 nitrogen and oxygen atoms in total. The summed E-state index contributed by atoms with van der Waals surface area (Å²) in [4.78, 5) is 0. The first-order valence-corrected chi connectivity index (χ1v) is 7.44. The SMILES string of the molecule is COc1cccc(OCc2cc3c(cc2Br)OCO3)c1OC. The lowest BCUT2D eigenvalue weighted by atomic mass is 10.2. The molecule has 0 bridgehead atoms. The van der Waals surface area contributed by atoms with Gasteiger partial charge in [0.2, 0.25) is 12.5 Å². The molecule has 0 aliphatic carbocycles. The van der Waals surface area contributed by atoms with Crippen molar-refractivity contribution in [3.05, 3.63) is 40.4 Å². The summed E-state index contributed by atoms with van der Waals surface area (Å²) < 4.78 is 28.1. The molecular formula is C16H15BrO5. The van der Waals surface area contributed by atoms with Crippen LogP contribution in [0, 0.1) is 0 Å². The molecule has 1 heterocycles. The first-order valence-electron chi connectivity index (χ1n) is 6.64. The van der Waals surface area contributed by atoms with Gasteiger partial charge in [0.15, 0.2) is 23.0 Å². The summed E-state index contributed by atoms with van der Waals surface area (Å²) >= 11 is 3.52. The topological polar surface area (TPSA) is 46.2 Å². The van der Waals surface area contributed by atoms with E-state index in [1.165, 1.54) is 0 Å². The Bertz CT molecular complexity index is 686. The highest BCUT2D eigenvalue weighted by molar-refractivity contribution is 9.10. The number of rotatable bonds is 5. The van der Waals surface area contributed by atoms with Crippen molar-refractivity contribution in [3.63, 3.8) is 0 Å². The lowest BCUT2D eigenvalue weighted by Gasteiger charge is -2.14. The number of benzene rings is 2. The lowest BCUT2D eigenvalue weighted by Crippen LogP contribution is -2.00. The van der Waals surface area contributed by atoms with Crippen LogP contribution in [-0.2, 0) is 6.61 Å². The monoisotopic (exact) mass is 366 g/mol. The Morgan fingerprint density at radius 3 is 2.50 bits per heavy atom. The Labute approximate surface area is 136 Å². The van der Waals surface area contributed by atoms with Gasteiger partial charge in [-0.2, -0.15) is 0 Å². The van der Waals surface area contributed by atoms with Gasteiger partial charge in [-0.1, -0.05) is 22.0 Å². The molecule has 2 aromatic carbocycles. The van der Waals surface area contributed by atoms with Gasteiger partial charge in [0.05, 0.1) is 14.2 Å². The second-order valence-electron chi connectivity index (χ2n) is 4.58. The molecule has 0 radical (unpaired) electrons. The van der Waals surface area contributed by atoms with E-state index in [1.54, 1.807) is 14.2 Å². The molecule has 0 amide bonds. The van der Waals surface area contributed by atoms with Crippen molar-refractivity contribution in [1.29, 1.82) is 0 Å². The fourth-order valence-electron chi connectivity index (χ4n) is 2.20. The fraction of sp³-hybridized carbons (Fsp3) is 0.250. The summed E-state index contributed by atoms with van der Waals surface area (Å²) in [5.74, 6) is 3.27. The first-order chi connectivity index (χ1) is 10.7. The highest BCUT2D eigenvalue weighted by Gasteiger charge is 2.17. The Morgan fingerprint density at radius 2 is 1.77 bits per heavy atom. The van der Waals surface area contributed by atoms with Crippen LogP contribution in [-0.4, -0.2) is 21.0 Å². The van der Waals surface area contributed by atoms with Crippen molar-refractivity contribution in [2.45, 2.75) is 6.61 Å². The average molecular weight is 367 g/mol. The fourth-order valence-corrected chi connectivity index (χ4v) is 2.63. The minimum absolute atomic E-state index is 0.246. The summed E-state index contributed by atoms with van der Waals surface area (Å²) in [6, 6.07) is 9.29. The Hall–Kier alpha value is -2.08. The van der Waals surface area contributed by atoms with Gasteiger partial charge in [0, 0.05) is 10.0 Å². The van der Waals surface area contributed by atoms with Crippen molar-refractivity contribution in [1.82, 2.24) is 0 Å². The van der Waals surface area contributed by atoms with Crippen molar-refractivity contribution in [2.24, 2.45) is 0 Å². The third-order valence-corrected chi connectivity index (χ3v) is 4.03. The maximum atomic E-state index is 5.87. The van der Waals surface area contributed by atoms with Gasteiger partial charge >= 0.3 is 0 Å². The maximum absolute atomic E-state index is 5.87. The molecule has 0 N–H and O–H groups in total. The van der Waals surface area contributed by atoms with E-state index in [0.29, 0.717) is 23.9 Å². The second-order valence-corrected chi connectivity index (χ2v) is 5.43. The van der Waals surface area contributed by atoms with E-state index in [2.05, 4.69) is 15.9 Å². The van der Waals surface area contributed by atoms with Crippen LogP contribution in [0.15, 0.2) is 34.8 Å². The smallest absolute Gasteiger partial charge is 0.231 e. The lowest BCUT2D eigenvalue weighted by molar-refractivity contribution is 0.174. The van der Waals surface area contributed by atoms with Crippen LogP contribution in [0.25, 0.3) is 0 Å². The minimum Gasteiger partial charge on any atom is -0.493 e. The van der Waals surface area contributed by atoms with E-state index in [1.807, 2.05) is 30.3 Å². The molecule has 22 heavy (non-hydrogen) atoms. The number of hydrogen-bond donors (Lipinski definition) is 0. The summed E-state index contributed by atoms with van der Waals surface area (Å²) in [5.41, 5.74) is 0.953. The molecule has 0 aromatic heterocycles. The highest BCUT2D eigenvalue weighted by atomic mass is 79.9. The highest BCUT2D eigenvalue weighted by Crippen LogP contribution is 2.39. The minimum atomic E-state index is 0.246. The molecule has 1 aliphatic heterocycles. The first kappa shape index (κ1) is 14.8. The molecular weight excluding hydrogens is 352 g/mol. The molecule has 116 valence electrons. The largest absolute Gasteiger partial charge is 0.493 e. The van der Waals surface area contributed by atoms with Gasteiger partial charge in [-0.25, -0.2) is 0 Å². The van der Waals surface area contributed by atoms with E-state index in [4.69, 9.17) is 23.7 Å². The van der Waals surface area contributed by atoms with Crippen molar-refractivity contribution in [2.75, 3.05) is 21.0 Å². The molecule has 0 spiro atoms.